The minimum absolute atomic E-state index is 0.623. The predicted octanol–water partition coefficient (Wildman–Crippen LogP) is 11.7. The lowest BCUT2D eigenvalue weighted by Crippen LogP contribution is -1.98. The summed E-state index contributed by atoms with van der Waals surface area (Å²) in [5, 5.41) is 10.6. The lowest BCUT2D eigenvalue weighted by Gasteiger charge is -2.15. The maximum Gasteiger partial charge on any atom is 0.161 e. The molecule has 0 bridgehead atoms. The number of aromatic nitrogens is 4. The molecule has 0 atom stereocenters. The molecule has 3 heterocycles. The molecule has 0 radical (unpaired) electrons. The van der Waals surface area contributed by atoms with Crippen molar-refractivity contribution < 1.29 is 0 Å². The molecule has 0 amide bonds. The number of hydrogen-bond donors (Lipinski definition) is 0. The molecular formula is C46H28N4. The Labute approximate surface area is 288 Å². The zero-order chi connectivity index (χ0) is 33.0. The smallest absolute Gasteiger partial charge is 0.161 e. The first-order valence-corrected chi connectivity index (χ1v) is 16.8. The highest BCUT2D eigenvalue weighted by Gasteiger charge is 2.17. The van der Waals surface area contributed by atoms with Crippen molar-refractivity contribution in [2.45, 2.75) is 0 Å². The summed E-state index contributed by atoms with van der Waals surface area (Å²) in [6, 6.07) is 57.3. The van der Waals surface area contributed by atoms with Gasteiger partial charge in [0.25, 0.3) is 0 Å². The summed E-state index contributed by atoms with van der Waals surface area (Å²) in [6.07, 6.45) is 1.87. The molecule has 3 aromatic heterocycles. The fraction of sp³-hybridized carbons (Fsp3) is 0. The molecule has 0 saturated carbocycles. The van der Waals surface area contributed by atoms with Crippen LogP contribution in [0.2, 0.25) is 0 Å². The first-order chi connectivity index (χ1) is 24.8. The van der Waals surface area contributed by atoms with Crippen LogP contribution >= 0.6 is 0 Å². The third kappa shape index (κ3) is 4.69. The van der Waals surface area contributed by atoms with E-state index in [1.807, 2.05) is 36.5 Å². The van der Waals surface area contributed by atoms with Crippen molar-refractivity contribution in [1.82, 2.24) is 19.9 Å². The molecule has 7 aromatic carbocycles. The summed E-state index contributed by atoms with van der Waals surface area (Å²) < 4.78 is 0. The van der Waals surface area contributed by atoms with Crippen molar-refractivity contribution in [2.24, 2.45) is 0 Å². The molecule has 50 heavy (non-hydrogen) atoms. The standard InChI is InChI=1S/C46H28N4/c1-4-14-33-30(12-1)25-39(37-18-8-6-16-35(33)37)44-27-45(40-26-31-13-2-5-15-34(31)36-17-7-9-19-38(36)40)50-46(49-44)32-22-23-42(47-28-32)43-24-21-29-11-3-10-20-41(29)48-43/h1-28H. The van der Waals surface area contributed by atoms with Gasteiger partial charge >= 0.3 is 0 Å². The van der Waals surface area contributed by atoms with Crippen LogP contribution in [0.3, 0.4) is 0 Å². The normalized spacial score (nSPS) is 11.6. The van der Waals surface area contributed by atoms with E-state index in [1.165, 1.54) is 32.3 Å². The van der Waals surface area contributed by atoms with Crippen molar-refractivity contribution in [3.63, 3.8) is 0 Å². The number of fused-ring (bicyclic) bond motifs is 7. The molecule has 232 valence electrons. The van der Waals surface area contributed by atoms with Gasteiger partial charge in [0.2, 0.25) is 0 Å². The Bertz CT molecular complexity index is 2790. The van der Waals surface area contributed by atoms with E-state index in [2.05, 4.69) is 133 Å². The summed E-state index contributed by atoms with van der Waals surface area (Å²) in [5.41, 5.74) is 7.29. The summed E-state index contributed by atoms with van der Waals surface area (Å²) >= 11 is 0. The molecule has 10 rings (SSSR count). The van der Waals surface area contributed by atoms with Gasteiger partial charge in [-0.25, -0.2) is 15.0 Å². The highest BCUT2D eigenvalue weighted by molar-refractivity contribution is 6.15. The van der Waals surface area contributed by atoms with Crippen molar-refractivity contribution >= 4 is 54.0 Å². The second kappa shape index (κ2) is 11.4. The van der Waals surface area contributed by atoms with Crippen molar-refractivity contribution in [2.75, 3.05) is 0 Å². The van der Waals surface area contributed by atoms with Gasteiger partial charge in [-0.05, 0) is 85.6 Å². The van der Waals surface area contributed by atoms with E-state index >= 15 is 0 Å². The highest BCUT2D eigenvalue weighted by atomic mass is 14.9. The molecule has 4 heteroatoms. The Morgan fingerprint density at radius 3 is 1.40 bits per heavy atom. The van der Waals surface area contributed by atoms with E-state index in [4.69, 9.17) is 19.9 Å². The first-order valence-electron chi connectivity index (χ1n) is 16.8. The summed E-state index contributed by atoms with van der Waals surface area (Å²) in [4.78, 5) is 20.3. The zero-order valence-electron chi connectivity index (χ0n) is 27.0. The largest absolute Gasteiger partial charge is 0.254 e. The maximum atomic E-state index is 5.28. The minimum Gasteiger partial charge on any atom is -0.254 e. The lowest BCUT2D eigenvalue weighted by atomic mass is 9.93. The van der Waals surface area contributed by atoms with E-state index in [-0.39, 0.29) is 0 Å². The van der Waals surface area contributed by atoms with E-state index in [0.717, 1.165) is 61.1 Å². The van der Waals surface area contributed by atoms with Crippen molar-refractivity contribution in [3.05, 3.63) is 170 Å². The molecule has 0 N–H and O–H groups in total. The molecule has 0 aliphatic carbocycles. The Morgan fingerprint density at radius 1 is 0.320 bits per heavy atom. The molecule has 0 fully saturated rings. The van der Waals surface area contributed by atoms with E-state index < -0.39 is 0 Å². The second-order valence-electron chi connectivity index (χ2n) is 12.7. The van der Waals surface area contributed by atoms with Gasteiger partial charge < -0.3 is 0 Å². The van der Waals surface area contributed by atoms with Gasteiger partial charge in [0, 0.05) is 28.3 Å². The molecule has 4 nitrogen and oxygen atoms in total. The second-order valence-corrected chi connectivity index (χ2v) is 12.7. The van der Waals surface area contributed by atoms with Gasteiger partial charge in [-0.2, -0.15) is 0 Å². The Kier molecular flexibility index (Phi) is 6.46. The van der Waals surface area contributed by atoms with Crippen molar-refractivity contribution in [1.29, 1.82) is 0 Å². The number of pyridine rings is 2. The van der Waals surface area contributed by atoms with Gasteiger partial charge in [0.15, 0.2) is 5.82 Å². The SMILES string of the molecule is c1ccc2nc(-c3ccc(-c4nc(-c5cc6ccccc6c6ccccc56)cc(-c5cc6ccccc6c6ccccc56)n4)cn3)ccc2c1. The number of para-hydroxylation sites is 1. The van der Waals surface area contributed by atoms with E-state index in [0.29, 0.717) is 5.82 Å². The number of hydrogen-bond acceptors (Lipinski definition) is 4. The van der Waals surface area contributed by atoms with Crippen LogP contribution in [-0.2, 0) is 0 Å². The third-order valence-electron chi connectivity index (χ3n) is 9.70. The summed E-state index contributed by atoms with van der Waals surface area (Å²) in [5.74, 6) is 0.623. The minimum atomic E-state index is 0.623. The van der Waals surface area contributed by atoms with Crippen LogP contribution in [0.4, 0.5) is 0 Å². The predicted molar refractivity (Wildman–Crippen MR) is 207 cm³/mol. The maximum absolute atomic E-state index is 5.28. The third-order valence-corrected chi connectivity index (χ3v) is 9.70. The number of nitrogens with zero attached hydrogens (tertiary/aromatic N) is 4. The topological polar surface area (TPSA) is 51.6 Å². The van der Waals surface area contributed by atoms with Crippen molar-refractivity contribution in [3.8, 4) is 45.3 Å². The van der Waals surface area contributed by atoms with Gasteiger partial charge in [0.05, 0.1) is 28.3 Å². The van der Waals surface area contributed by atoms with E-state index in [9.17, 15) is 0 Å². The van der Waals surface area contributed by atoms with Gasteiger partial charge in [-0.15, -0.1) is 0 Å². The molecular weight excluding hydrogens is 609 g/mol. The molecule has 0 spiro atoms. The zero-order valence-corrected chi connectivity index (χ0v) is 27.0. The monoisotopic (exact) mass is 636 g/mol. The molecule has 0 aliphatic rings. The molecule has 0 aliphatic heterocycles. The molecule has 0 saturated heterocycles. The summed E-state index contributed by atoms with van der Waals surface area (Å²) in [7, 11) is 0. The van der Waals surface area contributed by atoms with Crippen LogP contribution in [0, 0.1) is 0 Å². The van der Waals surface area contributed by atoms with Crippen LogP contribution in [-0.4, -0.2) is 19.9 Å². The molecule has 0 unspecified atom stereocenters. The quantitative estimate of drug-likeness (QED) is 0.180. The molecule has 10 aromatic rings. The summed E-state index contributed by atoms with van der Waals surface area (Å²) in [6.45, 7) is 0. The fourth-order valence-electron chi connectivity index (χ4n) is 7.27. The Morgan fingerprint density at radius 2 is 0.820 bits per heavy atom. The van der Waals surface area contributed by atoms with E-state index in [1.54, 1.807) is 0 Å². The number of rotatable bonds is 4. The highest BCUT2D eigenvalue weighted by Crippen LogP contribution is 2.39. The van der Waals surface area contributed by atoms with Gasteiger partial charge in [-0.3, -0.25) is 4.98 Å². The van der Waals surface area contributed by atoms with Crippen LogP contribution in [0.25, 0.3) is 99.3 Å². The fourth-order valence-corrected chi connectivity index (χ4v) is 7.27. The average molecular weight is 637 g/mol. The van der Waals surface area contributed by atoms with Crippen LogP contribution in [0.15, 0.2) is 170 Å². The Hall–Kier alpha value is -6.78. The van der Waals surface area contributed by atoms with Crippen LogP contribution < -0.4 is 0 Å². The van der Waals surface area contributed by atoms with Crippen LogP contribution in [0.1, 0.15) is 0 Å². The average Bonchev–Trinajstić information content (AvgIpc) is 3.20. The van der Waals surface area contributed by atoms with Crippen LogP contribution in [0.5, 0.6) is 0 Å². The lowest BCUT2D eigenvalue weighted by molar-refractivity contribution is 1.17. The van der Waals surface area contributed by atoms with Gasteiger partial charge in [-0.1, -0.05) is 121 Å². The Balaban J connectivity index is 1.21. The van der Waals surface area contributed by atoms with Gasteiger partial charge in [0.1, 0.15) is 0 Å². The number of benzene rings is 7. The first kappa shape index (κ1) is 28.3.